The largest absolute Gasteiger partial charge is 0.469 e. The molecule has 2 atom stereocenters. The maximum Gasteiger partial charge on any atom is 0.306 e. The topological polar surface area (TPSA) is 69.1 Å². The van der Waals surface area contributed by atoms with Crippen molar-refractivity contribution in [2.45, 2.75) is 51.9 Å². The van der Waals surface area contributed by atoms with E-state index in [4.69, 9.17) is 4.74 Å². The number of nitrogens with zero attached hydrogens (tertiary/aromatic N) is 2. The molecule has 2 aromatic rings. The molecule has 1 aliphatic rings. The third kappa shape index (κ3) is 3.66. The number of nitriles is 1. The summed E-state index contributed by atoms with van der Waals surface area (Å²) in [4.78, 5) is 17.7. The van der Waals surface area contributed by atoms with Crippen LogP contribution in [0.4, 0.5) is 0 Å². The molecule has 1 aliphatic heterocycles. The highest BCUT2D eigenvalue weighted by atomic mass is 16.5. The minimum absolute atomic E-state index is 0.157. The zero-order valence-electron chi connectivity index (χ0n) is 16.5. The first-order chi connectivity index (χ1) is 13.0. The molecule has 1 aromatic carbocycles. The Kier molecular flexibility index (Phi) is 5.74. The van der Waals surface area contributed by atoms with Crippen LogP contribution in [-0.4, -0.2) is 36.1 Å². The van der Waals surface area contributed by atoms with E-state index in [2.05, 4.69) is 43.2 Å². The van der Waals surface area contributed by atoms with Crippen molar-refractivity contribution in [1.82, 2.24) is 9.88 Å². The molecule has 1 aromatic heterocycles. The molecule has 2 heterocycles. The van der Waals surface area contributed by atoms with E-state index in [0.717, 1.165) is 44.3 Å². The quantitative estimate of drug-likeness (QED) is 0.647. The summed E-state index contributed by atoms with van der Waals surface area (Å²) >= 11 is 0. The highest BCUT2D eigenvalue weighted by Crippen LogP contribution is 2.47. The summed E-state index contributed by atoms with van der Waals surface area (Å²) in [7, 11) is 1.46. The molecule has 0 fully saturated rings. The Morgan fingerprint density at radius 2 is 2.19 bits per heavy atom. The molecular weight excluding hydrogens is 338 g/mol. The molecule has 0 spiro atoms. The molecular formula is C22H29N3O2. The van der Waals surface area contributed by atoms with Crippen LogP contribution in [0, 0.1) is 16.9 Å². The van der Waals surface area contributed by atoms with Crippen LogP contribution in [0.15, 0.2) is 24.3 Å². The van der Waals surface area contributed by atoms with Crippen LogP contribution in [0.2, 0.25) is 0 Å². The van der Waals surface area contributed by atoms with E-state index in [1.165, 1.54) is 23.8 Å². The van der Waals surface area contributed by atoms with E-state index in [-0.39, 0.29) is 17.3 Å². The zero-order chi connectivity index (χ0) is 19.4. The summed E-state index contributed by atoms with van der Waals surface area (Å²) in [6, 6.07) is 8.35. The van der Waals surface area contributed by atoms with Crippen LogP contribution >= 0.6 is 0 Å². The third-order valence-corrected chi connectivity index (χ3v) is 6.50. The number of para-hydroxylation sites is 1. The lowest BCUT2D eigenvalue weighted by molar-refractivity contribution is -0.144. The first-order valence-corrected chi connectivity index (χ1v) is 9.85. The SMILES string of the molecule is CC[C@@]1(CC(=O)OC)CCCN(C#N)CCc2c([nH]c3ccccc23)[C@@H]1C. The van der Waals surface area contributed by atoms with Gasteiger partial charge in [-0.05, 0) is 42.7 Å². The van der Waals surface area contributed by atoms with Gasteiger partial charge in [-0.25, -0.2) is 0 Å². The Bertz CT molecular complexity index is 851. The Morgan fingerprint density at radius 3 is 2.89 bits per heavy atom. The minimum Gasteiger partial charge on any atom is -0.469 e. The number of esters is 1. The third-order valence-electron chi connectivity index (χ3n) is 6.50. The number of methoxy groups -OCH3 is 1. The normalized spacial score (nSPS) is 23.5. The van der Waals surface area contributed by atoms with Crippen molar-refractivity contribution in [3.05, 3.63) is 35.5 Å². The molecule has 0 bridgehead atoms. The van der Waals surface area contributed by atoms with Gasteiger partial charge in [0.2, 0.25) is 0 Å². The second kappa shape index (κ2) is 8.04. The van der Waals surface area contributed by atoms with E-state index in [0.29, 0.717) is 6.42 Å². The monoisotopic (exact) mass is 367 g/mol. The molecule has 0 aliphatic carbocycles. The van der Waals surface area contributed by atoms with E-state index in [1.54, 1.807) is 0 Å². The standard InChI is InChI=1S/C22H29N3O2/c1-4-22(14-20(26)27-3)11-7-12-25(15-23)13-10-18-17-8-5-6-9-19(17)24-21(18)16(22)2/h5-6,8-9,16,24H,4,7,10-14H2,1-3H3/t16-,22-/m0/s1. The molecule has 1 N–H and O–H groups in total. The Balaban J connectivity index is 2.13. The minimum atomic E-state index is -0.179. The fourth-order valence-electron chi connectivity index (χ4n) is 4.67. The fourth-order valence-corrected chi connectivity index (χ4v) is 4.67. The van der Waals surface area contributed by atoms with E-state index in [9.17, 15) is 10.1 Å². The molecule has 5 nitrogen and oxygen atoms in total. The number of carbonyl (C=O) groups excluding carboxylic acids is 1. The first-order valence-electron chi connectivity index (χ1n) is 9.85. The lowest BCUT2D eigenvalue weighted by Gasteiger charge is -2.39. The van der Waals surface area contributed by atoms with Crippen molar-refractivity contribution in [2.75, 3.05) is 20.2 Å². The first kappa shape index (κ1) is 19.3. The summed E-state index contributed by atoms with van der Waals surface area (Å²) in [6.07, 6.45) is 6.26. The number of benzene rings is 1. The van der Waals surface area contributed by atoms with Gasteiger partial charge in [0.1, 0.15) is 0 Å². The predicted molar refractivity (Wildman–Crippen MR) is 106 cm³/mol. The van der Waals surface area contributed by atoms with Gasteiger partial charge in [-0.2, -0.15) is 5.26 Å². The molecule has 27 heavy (non-hydrogen) atoms. The van der Waals surface area contributed by atoms with Gasteiger partial charge in [-0.1, -0.05) is 32.0 Å². The zero-order valence-corrected chi connectivity index (χ0v) is 16.5. The van der Waals surface area contributed by atoms with Crippen LogP contribution in [0.25, 0.3) is 10.9 Å². The maximum atomic E-state index is 12.3. The number of aromatic nitrogens is 1. The molecule has 5 heteroatoms. The van der Waals surface area contributed by atoms with Crippen molar-refractivity contribution in [3.8, 4) is 6.19 Å². The van der Waals surface area contributed by atoms with Crippen LogP contribution in [0.1, 0.15) is 56.7 Å². The summed E-state index contributed by atoms with van der Waals surface area (Å²) in [5.74, 6) is 0.0493. The second-order valence-electron chi connectivity index (χ2n) is 7.69. The van der Waals surface area contributed by atoms with Gasteiger partial charge in [-0.3, -0.25) is 4.79 Å². The molecule has 0 amide bonds. The number of aromatic amines is 1. The van der Waals surface area contributed by atoms with Gasteiger partial charge in [0.05, 0.1) is 13.5 Å². The van der Waals surface area contributed by atoms with Crippen molar-refractivity contribution < 1.29 is 9.53 Å². The van der Waals surface area contributed by atoms with E-state index < -0.39 is 0 Å². The summed E-state index contributed by atoms with van der Waals surface area (Å²) in [5.41, 5.74) is 3.44. The highest BCUT2D eigenvalue weighted by Gasteiger charge is 2.40. The second-order valence-corrected chi connectivity index (χ2v) is 7.69. The van der Waals surface area contributed by atoms with Gasteiger partial charge in [0, 0.05) is 35.6 Å². The lowest BCUT2D eigenvalue weighted by Crippen LogP contribution is -2.34. The van der Waals surface area contributed by atoms with Crippen molar-refractivity contribution >= 4 is 16.9 Å². The number of fused-ring (bicyclic) bond motifs is 3. The van der Waals surface area contributed by atoms with Crippen LogP contribution in [-0.2, 0) is 16.0 Å². The van der Waals surface area contributed by atoms with Gasteiger partial charge >= 0.3 is 5.97 Å². The lowest BCUT2D eigenvalue weighted by atomic mass is 9.66. The number of nitrogens with one attached hydrogen (secondary N) is 1. The summed E-state index contributed by atoms with van der Waals surface area (Å²) in [6.45, 7) is 5.87. The number of carbonyl (C=O) groups is 1. The number of rotatable bonds is 3. The smallest absolute Gasteiger partial charge is 0.306 e. The van der Waals surface area contributed by atoms with Gasteiger partial charge in [0.25, 0.3) is 0 Å². The Morgan fingerprint density at radius 1 is 1.41 bits per heavy atom. The molecule has 0 radical (unpaired) electrons. The Labute approximate surface area is 161 Å². The van der Waals surface area contributed by atoms with Crippen molar-refractivity contribution in [1.29, 1.82) is 5.26 Å². The molecule has 0 unspecified atom stereocenters. The molecule has 144 valence electrons. The number of H-pyrrole nitrogens is 1. The molecule has 0 saturated carbocycles. The predicted octanol–water partition coefficient (Wildman–Crippen LogP) is 4.35. The Hall–Kier alpha value is -2.48. The number of hydrogen-bond acceptors (Lipinski definition) is 4. The van der Waals surface area contributed by atoms with Crippen molar-refractivity contribution in [2.24, 2.45) is 5.41 Å². The number of ether oxygens (including phenoxy) is 1. The molecule has 0 saturated heterocycles. The van der Waals surface area contributed by atoms with E-state index >= 15 is 0 Å². The van der Waals surface area contributed by atoms with Crippen LogP contribution in [0.3, 0.4) is 0 Å². The van der Waals surface area contributed by atoms with Gasteiger partial charge in [-0.15, -0.1) is 0 Å². The van der Waals surface area contributed by atoms with Crippen molar-refractivity contribution in [3.63, 3.8) is 0 Å². The number of hydrogen-bond donors (Lipinski definition) is 1. The molecule has 3 rings (SSSR count). The summed E-state index contributed by atoms with van der Waals surface area (Å²) in [5, 5.41) is 10.7. The highest BCUT2D eigenvalue weighted by molar-refractivity contribution is 5.85. The average Bonchev–Trinajstić information content (AvgIpc) is 3.07. The van der Waals surface area contributed by atoms with Gasteiger partial charge in [0.15, 0.2) is 6.19 Å². The van der Waals surface area contributed by atoms with E-state index in [1.807, 2.05) is 11.0 Å². The van der Waals surface area contributed by atoms with Crippen LogP contribution in [0.5, 0.6) is 0 Å². The average molecular weight is 367 g/mol. The maximum absolute atomic E-state index is 12.3. The summed E-state index contributed by atoms with van der Waals surface area (Å²) < 4.78 is 5.03. The van der Waals surface area contributed by atoms with Crippen LogP contribution < -0.4 is 0 Å². The fraction of sp³-hybridized carbons (Fsp3) is 0.545. The van der Waals surface area contributed by atoms with Gasteiger partial charge < -0.3 is 14.6 Å².